The van der Waals surface area contributed by atoms with Crippen LogP contribution in [0.3, 0.4) is 0 Å². The largest absolute Gasteiger partial charge is 0.388 e. The third-order valence-corrected chi connectivity index (χ3v) is 6.68. The van der Waals surface area contributed by atoms with Crippen molar-refractivity contribution in [2.24, 2.45) is 0 Å². The lowest BCUT2D eigenvalue weighted by atomic mass is 9.96. The highest BCUT2D eigenvalue weighted by Gasteiger charge is 2.51. The van der Waals surface area contributed by atoms with Crippen LogP contribution in [0.15, 0.2) is 65.6 Å². The molecule has 31 heavy (non-hydrogen) atoms. The van der Waals surface area contributed by atoms with Gasteiger partial charge in [-0.2, -0.15) is 0 Å². The van der Waals surface area contributed by atoms with Crippen molar-refractivity contribution in [2.45, 2.75) is 44.8 Å². The first-order valence-electron chi connectivity index (χ1n) is 9.58. The van der Waals surface area contributed by atoms with Crippen LogP contribution in [0.1, 0.15) is 11.9 Å². The Bertz CT molecular complexity index is 886. The fraction of sp³-hybridized carbons (Fsp3) is 0.381. The van der Waals surface area contributed by atoms with Gasteiger partial charge in [0.2, 0.25) is 0 Å². The molecular weight excluding hydrogens is 485 g/mol. The van der Waals surface area contributed by atoms with E-state index >= 15 is 0 Å². The van der Waals surface area contributed by atoms with Crippen molar-refractivity contribution in [3.63, 3.8) is 0 Å². The van der Waals surface area contributed by atoms with Crippen LogP contribution in [0.4, 0.5) is 0 Å². The van der Waals surface area contributed by atoms with E-state index in [0.29, 0.717) is 0 Å². The van der Waals surface area contributed by atoms with Crippen LogP contribution >= 0.6 is 46.6 Å². The molecule has 166 valence electrons. The molecule has 0 aliphatic carbocycles. The first-order chi connectivity index (χ1) is 14.8. The highest BCUT2D eigenvalue weighted by atomic mass is 35.6. The molecule has 6 nitrogen and oxygen atoms in total. The number of amides is 1. The molecule has 2 fully saturated rings. The molecule has 6 atom stereocenters. The molecule has 10 heteroatoms. The molecule has 0 spiro atoms. The maximum atomic E-state index is 12.4. The normalized spacial score (nSPS) is 31.0. The van der Waals surface area contributed by atoms with Crippen LogP contribution in [0.5, 0.6) is 0 Å². The molecule has 1 amide bonds. The number of carbonyl (C=O) groups excluding carboxylic acids is 1. The molecule has 2 aromatic carbocycles. The molecule has 0 bridgehead atoms. The van der Waals surface area contributed by atoms with Gasteiger partial charge in [0.25, 0.3) is 9.70 Å². The zero-order valence-electron chi connectivity index (χ0n) is 16.1. The van der Waals surface area contributed by atoms with E-state index < -0.39 is 45.8 Å². The van der Waals surface area contributed by atoms with Gasteiger partial charge in [-0.15, -0.1) is 0 Å². The lowest BCUT2D eigenvalue weighted by Gasteiger charge is -2.48. The molecule has 2 aliphatic heterocycles. The maximum Gasteiger partial charge on any atom is 0.272 e. The molecule has 0 aromatic heterocycles. The Balaban J connectivity index is 1.56. The van der Waals surface area contributed by atoms with Crippen molar-refractivity contribution in [3.8, 4) is 0 Å². The first-order valence-corrected chi connectivity index (χ1v) is 11.6. The van der Waals surface area contributed by atoms with Crippen molar-refractivity contribution >= 4 is 52.5 Å². The number of fused-ring (bicyclic) bond motifs is 1. The van der Waals surface area contributed by atoms with Crippen LogP contribution in [0.2, 0.25) is 0 Å². The number of aliphatic hydroxyl groups is 1. The molecule has 1 unspecified atom stereocenters. The van der Waals surface area contributed by atoms with Crippen LogP contribution in [0.25, 0.3) is 0 Å². The van der Waals surface area contributed by atoms with Crippen LogP contribution in [-0.2, 0) is 19.0 Å². The number of nitrogens with one attached hydrogen (secondary N) is 1. The number of hydrogen-bond donors (Lipinski definition) is 2. The zero-order chi connectivity index (χ0) is 22.0. The summed E-state index contributed by atoms with van der Waals surface area (Å²) in [6, 6.07) is 18.0. The van der Waals surface area contributed by atoms with E-state index in [1.807, 2.05) is 60.7 Å². The van der Waals surface area contributed by atoms with Gasteiger partial charge in [0.15, 0.2) is 6.29 Å². The second-order valence-corrected chi connectivity index (χ2v) is 10.6. The minimum absolute atomic E-state index is 0.220. The third-order valence-electron chi connectivity index (χ3n) is 4.99. The quantitative estimate of drug-likeness (QED) is 0.616. The van der Waals surface area contributed by atoms with Gasteiger partial charge in [0.1, 0.15) is 23.7 Å². The number of halogens is 3. The van der Waals surface area contributed by atoms with Gasteiger partial charge < -0.3 is 24.6 Å². The molecule has 2 aromatic rings. The summed E-state index contributed by atoms with van der Waals surface area (Å²) in [6.07, 6.45) is -3.06. The molecular formula is C21H20Cl3NO5S. The van der Waals surface area contributed by atoms with Crippen molar-refractivity contribution in [2.75, 3.05) is 6.61 Å². The minimum atomic E-state index is -2.18. The van der Waals surface area contributed by atoms with Crippen molar-refractivity contribution in [1.82, 2.24) is 5.32 Å². The Kier molecular flexibility index (Phi) is 7.35. The smallest absolute Gasteiger partial charge is 0.272 e. The highest BCUT2D eigenvalue weighted by Crippen LogP contribution is 2.39. The summed E-state index contributed by atoms with van der Waals surface area (Å²) in [6.45, 7) is 0.220. The number of benzene rings is 2. The molecule has 2 saturated heterocycles. The second kappa shape index (κ2) is 9.85. The average Bonchev–Trinajstić information content (AvgIpc) is 2.77. The average molecular weight is 505 g/mol. The Morgan fingerprint density at radius 3 is 2.32 bits per heavy atom. The van der Waals surface area contributed by atoms with Crippen molar-refractivity contribution < 1.29 is 24.1 Å². The lowest BCUT2D eigenvalue weighted by Crippen LogP contribution is -2.66. The third kappa shape index (κ3) is 5.49. The van der Waals surface area contributed by atoms with E-state index in [4.69, 9.17) is 49.0 Å². The van der Waals surface area contributed by atoms with Gasteiger partial charge in [-0.25, -0.2) is 0 Å². The molecule has 2 heterocycles. The number of rotatable bonds is 4. The van der Waals surface area contributed by atoms with Crippen molar-refractivity contribution in [1.29, 1.82) is 0 Å². The Morgan fingerprint density at radius 1 is 1.03 bits per heavy atom. The first kappa shape index (κ1) is 23.1. The zero-order valence-corrected chi connectivity index (χ0v) is 19.2. The van der Waals surface area contributed by atoms with Gasteiger partial charge in [-0.05, 0) is 12.1 Å². The van der Waals surface area contributed by atoms with Gasteiger partial charge in [-0.1, -0.05) is 95.1 Å². The van der Waals surface area contributed by atoms with Crippen LogP contribution < -0.4 is 5.32 Å². The topological polar surface area (TPSA) is 77.0 Å². The van der Waals surface area contributed by atoms with E-state index in [1.54, 1.807) is 0 Å². The number of thioether (sulfide) groups is 1. The number of ether oxygens (including phenoxy) is 3. The standard InChI is InChI=1S/C21H20Cl3NO5S/c22-21(23,24)20(27)25-15-16(26)17-14(29-19(15)31-13-9-5-2-6-10-13)11-28-18(30-17)12-7-3-1-4-8-12/h1-10,14-19,26H,11H2,(H,25,27)/t14-,15-,16-,17-,18?,19+/m1/s1. The summed E-state index contributed by atoms with van der Waals surface area (Å²) in [5.41, 5.74) is 0.159. The Hall–Kier alpha value is -1.03. The molecule has 2 aliphatic rings. The number of aliphatic hydroxyl groups excluding tert-OH is 1. The van der Waals surface area contributed by atoms with Gasteiger partial charge in [0.05, 0.1) is 12.6 Å². The summed E-state index contributed by atoms with van der Waals surface area (Å²) >= 11 is 18.6. The minimum Gasteiger partial charge on any atom is -0.388 e. The second-order valence-electron chi connectivity index (χ2n) is 7.14. The SMILES string of the molecule is O=C(N[C@@H]1[C@@H](O)[C@@H]2OC(c3ccccc3)OC[C@H]2O[C@H]1Sc1ccccc1)C(Cl)(Cl)Cl. The summed E-state index contributed by atoms with van der Waals surface area (Å²) < 4.78 is 15.9. The highest BCUT2D eigenvalue weighted by molar-refractivity contribution is 7.99. The summed E-state index contributed by atoms with van der Waals surface area (Å²) in [5, 5.41) is 13.8. The number of alkyl halides is 3. The van der Waals surface area contributed by atoms with E-state index in [1.165, 1.54) is 11.8 Å². The van der Waals surface area contributed by atoms with Gasteiger partial charge >= 0.3 is 0 Å². The maximum absolute atomic E-state index is 12.4. The predicted octanol–water partition coefficient (Wildman–Crippen LogP) is 3.83. The summed E-state index contributed by atoms with van der Waals surface area (Å²) in [7, 11) is 0. The van der Waals surface area contributed by atoms with Gasteiger partial charge in [-0.3, -0.25) is 4.79 Å². The molecule has 0 radical (unpaired) electrons. The van der Waals surface area contributed by atoms with E-state index in [-0.39, 0.29) is 6.61 Å². The fourth-order valence-corrected chi connectivity index (χ4v) is 4.81. The summed E-state index contributed by atoms with van der Waals surface area (Å²) in [4.78, 5) is 13.3. The van der Waals surface area contributed by atoms with Crippen LogP contribution in [-0.4, -0.2) is 51.2 Å². The Labute approximate surface area is 199 Å². The van der Waals surface area contributed by atoms with Crippen LogP contribution in [0, 0.1) is 0 Å². The van der Waals surface area contributed by atoms with E-state index in [2.05, 4.69) is 5.32 Å². The van der Waals surface area contributed by atoms with E-state index in [0.717, 1.165) is 10.5 Å². The lowest BCUT2D eigenvalue weighted by molar-refractivity contribution is -0.306. The fourth-order valence-electron chi connectivity index (χ4n) is 3.49. The van der Waals surface area contributed by atoms with Gasteiger partial charge in [0, 0.05) is 10.5 Å². The number of hydrogen-bond acceptors (Lipinski definition) is 6. The van der Waals surface area contributed by atoms with E-state index in [9.17, 15) is 9.90 Å². The molecule has 4 rings (SSSR count). The van der Waals surface area contributed by atoms with Crippen molar-refractivity contribution in [3.05, 3.63) is 66.2 Å². The molecule has 0 saturated carbocycles. The number of carbonyl (C=O) groups is 1. The molecule has 2 N–H and O–H groups in total. The monoisotopic (exact) mass is 503 g/mol. The predicted molar refractivity (Wildman–Crippen MR) is 119 cm³/mol. The summed E-state index contributed by atoms with van der Waals surface area (Å²) in [5.74, 6) is -0.853. The Morgan fingerprint density at radius 2 is 1.68 bits per heavy atom.